The third-order valence-electron chi connectivity index (χ3n) is 6.64. The monoisotopic (exact) mass is 605 g/mol. The molecule has 1 saturated heterocycles. The zero-order chi connectivity index (χ0) is 31.0. The molecule has 1 unspecified atom stereocenters. The summed E-state index contributed by atoms with van der Waals surface area (Å²) >= 11 is 0. The molecular weight excluding hydrogens is 562 g/mol. The van der Waals surface area contributed by atoms with Crippen molar-refractivity contribution in [3.8, 4) is 5.75 Å². The van der Waals surface area contributed by atoms with E-state index in [2.05, 4.69) is 10.5 Å². The Morgan fingerprint density at radius 1 is 0.907 bits per heavy atom. The summed E-state index contributed by atoms with van der Waals surface area (Å²) in [5, 5.41) is 12.9. The molecule has 1 aliphatic heterocycles. The van der Waals surface area contributed by atoms with Crippen LogP contribution in [-0.2, 0) is 44.5 Å². The van der Waals surface area contributed by atoms with Crippen LogP contribution in [0.4, 0.5) is 0 Å². The highest BCUT2D eigenvalue weighted by atomic mass is 16.6. The van der Waals surface area contributed by atoms with E-state index in [-0.39, 0.29) is 69.3 Å². The van der Waals surface area contributed by atoms with Crippen LogP contribution in [0.1, 0.15) is 63.5 Å². The van der Waals surface area contributed by atoms with Gasteiger partial charge in [0.05, 0.1) is 58.4 Å². The molecule has 1 aromatic rings. The third kappa shape index (κ3) is 12.0. The first kappa shape index (κ1) is 34.1. The van der Waals surface area contributed by atoms with E-state index < -0.39 is 12.2 Å². The van der Waals surface area contributed by atoms with Crippen LogP contribution in [0, 0.1) is 5.92 Å². The molecule has 1 fully saturated rings. The molecule has 1 heterocycles. The molecule has 238 valence electrons. The Bertz CT molecular complexity index is 1110. The molecule has 1 aromatic carbocycles. The molecule has 1 atom stereocenters. The van der Waals surface area contributed by atoms with E-state index in [1.807, 2.05) is 26.0 Å². The summed E-state index contributed by atoms with van der Waals surface area (Å²) in [5.74, 6) is -0.879. The van der Waals surface area contributed by atoms with Crippen LogP contribution in [0.2, 0.25) is 0 Å². The largest absolute Gasteiger partial charge is 0.481 e. The molecule has 13 nitrogen and oxygen atoms in total. The molecule has 0 saturated carbocycles. The fourth-order valence-electron chi connectivity index (χ4n) is 4.61. The number of benzene rings is 1. The van der Waals surface area contributed by atoms with Gasteiger partial charge in [0.1, 0.15) is 12.4 Å². The summed E-state index contributed by atoms with van der Waals surface area (Å²) in [6.45, 7) is 5.92. The number of carbonyl (C=O) groups is 4. The Kier molecular flexibility index (Phi) is 14.5. The quantitative estimate of drug-likeness (QED) is 0.128. The Morgan fingerprint density at radius 2 is 1.53 bits per heavy atom. The van der Waals surface area contributed by atoms with E-state index in [0.717, 1.165) is 41.0 Å². The van der Waals surface area contributed by atoms with Gasteiger partial charge in [-0.15, -0.1) is 0 Å². The highest BCUT2D eigenvalue weighted by Crippen LogP contribution is 2.28. The maximum atomic E-state index is 12.5. The average Bonchev–Trinajstić information content (AvgIpc) is 3.30. The second-order valence-corrected chi connectivity index (χ2v) is 10.6. The summed E-state index contributed by atoms with van der Waals surface area (Å²) in [4.78, 5) is 48.6. The Hall–Kier alpha value is -3.39. The van der Waals surface area contributed by atoms with Crippen LogP contribution >= 0.6 is 0 Å². The van der Waals surface area contributed by atoms with Crippen molar-refractivity contribution in [1.29, 1.82) is 0 Å². The van der Waals surface area contributed by atoms with Gasteiger partial charge in [-0.25, -0.2) is 10.3 Å². The van der Waals surface area contributed by atoms with Crippen LogP contribution < -0.4 is 10.2 Å². The number of carbonyl (C=O) groups excluding carboxylic acids is 3. The summed E-state index contributed by atoms with van der Waals surface area (Å²) in [5.41, 5.74) is 5.43. The molecule has 2 aliphatic rings. The molecular formula is C30H43N3O10. The van der Waals surface area contributed by atoms with Crippen molar-refractivity contribution in [1.82, 2.24) is 10.3 Å². The Morgan fingerprint density at radius 3 is 2.16 bits per heavy atom. The molecule has 2 N–H and O–H groups in total. The molecule has 3 rings (SSSR count). The number of hydrazone groups is 1. The molecule has 0 radical (unpaired) electrons. The predicted molar refractivity (Wildman–Crippen MR) is 155 cm³/mol. The van der Waals surface area contributed by atoms with Gasteiger partial charge in [-0.3, -0.25) is 19.2 Å². The summed E-state index contributed by atoms with van der Waals surface area (Å²) in [6.07, 6.45) is 2.15. The standard InChI is InChI=1S/C30H43N3O10/c1-21(2)18-26(34)32-31-25-5-3-4-22-19-23(6-7-24(22)25)43-29(33-27(35)8-9-28(33)36)20-42-17-16-41-15-14-40-13-12-39-11-10-30(37)38/h6-7,19,21,29H,3-5,8-18,20H2,1-2H3,(H,32,34)(H,37,38). The number of hydrogen-bond donors (Lipinski definition) is 2. The number of amides is 3. The number of aliphatic carboxylic acids is 1. The van der Waals surface area contributed by atoms with Crippen molar-refractivity contribution >= 4 is 29.4 Å². The SMILES string of the molecule is CC(C)CC(=O)NN=C1CCCc2cc(OC(COCCOCCOCCOCCC(=O)O)N3C(=O)CCC3=O)ccc21. The van der Waals surface area contributed by atoms with E-state index >= 15 is 0 Å². The van der Waals surface area contributed by atoms with Crippen LogP contribution in [0.25, 0.3) is 0 Å². The minimum absolute atomic E-state index is 0.0172. The first-order valence-electron chi connectivity index (χ1n) is 14.8. The number of imide groups is 1. The van der Waals surface area contributed by atoms with Crippen molar-refractivity contribution < 1.29 is 48.0 Å². The van der Waals surface area contributed by atoms with Gasteiger partial charge in [-0.05, 0) is 48.9 Å². The number of aryl methyl sites for hydroxylation is 1. The predicted octanol–water partition coefficient (Wildman–Crippen LogP) is 2.28. The van der Waals surface area contributed by atoms with Gasteiger partial charge in [0.15, 0.2) is 0 Å². The fourth-order valence-corrected chi connectivity index (χ4v) is 4.61. The lowest BCUT2D eigenvalue weighted by Gasteiger charge is -2.27. The van der Waals surface area contributed by atoms with Gasteiger partial charge in [-0.2, -0.15) is 5.10 Å². The number of likely N-dealkylation sites (tertiary alicyclic amines) is 1. The van der Waals surface area contributed by atoms with Crippen LogP contribution in [0.15, 0.2) is 23.3 Å². The molecule has 0 aromatic heterocycles. The number of carboxylic acid groups (broad SMARTS) is 1. The van der Waals surface area contributed by atoms with E-state index in [1.165, 1.54) is 0 Å². The van der Waals surface area contributed by atoms with Crippen molar-refractivity contribution in [2.45, 2.75) is 65.0 Å². The van der Waals surface area contributed by atoms with Crippen molar-refractivity contribution in [2.24, 2.45) is 11.0 Å². The lowest BCUT2D eigenvalue weighted by molar-refractivity contribution is -0.151. The minimum Gasteiger partial charge on any atom is -0.481 e. The van der Waals surface area contributed by atoms with E-state index in [0.29, 0.717) is 38.6 Å². The first-order chi connectivity index (χ1) is 20.7. The van der Waals surface area contributed by atoms with Gasteiger partial charge in [0, 0.05) is 24.8 Å². The zero-order valence-corrected chi connectivity index (χ0v) is 25.0. The third-order valence-corrected chi connectivity index (χ3v) is 6.64. The summed E-state index contributed by atoms with van der Waals surface area (Å²) in [7, 11) is 0. The average molecular weight is 606 g/mol. The maximum Gasteiger partial charge on any atom is 0.305 e. The Balaban J connectivity index is 1.47. The second-order valence-electron chi connectivity index (χ2n) is 10.6. The molecule has 0 spiro atoms. The molecule has 1 aliphatic carbocycles. The van der Waals surface area contributed by atoms with E-state index in [1.54, 1.807) is 6.07 Å². The van der Waals surface area contributed by atoms with Gasteiger partial charge in [0.2, 0.25) is 23.9 Å². The van der Waals surface area contributed by atoms with Crippen molar-refractivity contribution in [3.05, 3.63) is 29.3 Å². The molecule has 0 bridgehead atoms. The number of carboxylic acids is 1. The maximum absolute atomic E-state index is 12.5. The lowest BCUT2D eigenvalue weighted by Crippen LogP contribution is -2.46. The molecule has 43 heavy (non-hydrogen) atoms. The van der Waals surface area contributed by atoms with Gasteiger partial charge in [0.25, 0.3) is 0 Å². The number of ether oxygens (including phenoxy) is 5. The Labute approximate surface area is 251 Å². The number of nitrogens with zero attached hydrogens (tertiary/aromatic N) is 2. The summed E-state index contributed by atoms with van der Waals surface area (Å²) < 4.78 is 27.8. The van der Waals surface area contributed by atoms with Crippen molar-refractivity contribution in [2.75, 3.05) is 52.9 Å². The van der Waals surface area contributed by atoms with Gasteiger partial charge < -0.3 is 28.8 Å². The van der Waals surface area contributed by atoms with Gasteiger partial charge in [-0.1, -0.05) is 13.8 Å². The second kappa shape index (κ2) is 18.3. The van der Waals surface area contributed by atoms with Crippen molar-refractivity contribution in [3.63, 3.8) is 0 Å². The fraction of sp³-hybridized carbons (Fsp3) is 0.633. The van der Waals surface area contributed by atoms with Crippen LogP contribution in [0.5, 0.6) is 5.75 Å². The van der Waals surface area contributed by atoms with Crippen LogP contribution in [-0.4, -0.2) is 98.5 Å². The smallest absolute Gasteiger partial charge is 0.305 e. The first-order valence-corrected chi connectivity index (χ1v) is 14.8. The molecule has 3 amide bonds. The zero-order valence-electron chi connectivity index (χ0n) is 25.0. The van der Waals surface area contributed by atoms with Crippen LogP contribution in [0.3, 0.4) is 0 Å². The van der Waals surface area contributed by atoms with Gasteiger partial charge >= 0.3 is 5.97 Å². The van der Waals surface area contributed by atoms with E-state index in [4.69, 9.17) is 28.8 Å². The summed E-state index contributed by atoms with van der Waals surface area (Å²) in [6, 6.07) is 5.55. The number of fused-ring (bicyclic) bond motifs is 1. The highest BCUT2D eigenvalue weighted by Gasteiger charge is 2.36. The normalized spacial score (nSPS) is 16.5. The minimum atomic E-state index is -0.919. The lowest BCUT2D eigenvalue weighted by atomic mass is 9.90. The number of rotatable bonds is 20. The molecule has 13 heteroatoms. The number of hydrogen-bond acceptors (Lipinski definition) is 10. The topological polar surface area (TPSA) is 162 Å². The number of nitrogens with one attached hydrogen (secondary N) is 1. The van der Waals surface area contributed by atoms with E-state index in [9.17, 15) is 19.2 Å². The highest BCUT2D eigenvalue weighted by molar-refractivity contribution is 6.03.